The van der Waals surface area contributed by atoms with Crippen molar-refractivity contribution in [3.8, 4) is 11.6 Å². The Morgan fingerprint density at radius 1 is 1.31 bits per heavy atom. The lowest BCUT2D eigenvalue weighted by atomic mass is 10.2. The van der Waals surface area contributed by atoms with Gasteiger partial charge in [-0.1, -0.05) is 17.7 Å². The first-order chi connectivity index (χ1) is 14.0. The minimum atomic E-state index is -0.318. The van der Waals surface area contributed by atoms with Crippen molar-refractivity contribution in [3.05, 3.63) is 57.6 Å². The average Bonchev–Trinajstić information content (AvgIpc) is 2.69. The molecular formula is C20H21ClN4O4. The summed E-state index contributed by atoms with van der Waals surface area (Å²) in [5.41, 5.74) is 0.668. The van der Waals surface area contributed by atoms with Crippen LogP contribution in [0, 0.1) is 6.92 Å². The number of carbonyl (C=O) groups excluding carboxylic acids is 1. The van der Waals surface area contributed by atoms with E-state index in [-0.39, 0.29) is 18.0 Å². The van der Waals surface area contributed by atoms with Gasteiger partial charge in [-0.25, -0.2) is 4.98 Å². The van der Waals surface area contributed by atoms with Crippen LogP contribution in [0.5, 0.6) is 11.6 Å². The fraction of sp³-hybridized carbons (Fsp3) is 0.300. The predicted molar refractivity (Wildman–Crippen MR) is 110 cm³/mol. The van der Waals surface area contributed by atoms with Gasteiger partial charge < -0.3 is 14.8 Å². The van der Waals surface area contributed by atoms with E-state index in [0.717, 1.165) is 0 Å². The molecule has 3 rings (SSSR count). The lowest BCUT2D eigenvalue weighted by molar-refractivity contribution is -0.121. The third-order valence-electron chi connectivity index (χ3n) is 4.20. The molecule has 0 unspecified atom stereocenters. The molecule has 1 N–H and O–H groups in total. The number of halogens is 1. The van der Waals surface area contributed by atoms with Gasteiger partial charge in [-0.3, -0.25) is 14.2 Å². The number of benzene rings is 1. The molecule has 0 aliphatic heterocycles. The van der Waals surface area contributed by atoms with Crippen LogP contribution < -0.4 is 20.3 Å². The number of amides is 1. The van der Waals surface area contributed by atoms with E-state index in [4.69, 9.17) is 21.1 Å². The van der Waals surface area contributed by atoms with Crippen molar-refractivity contribution < 1.29 is 14.3 Å². The first kappa shape index (κ1) is 20.6. The maximum atomic E-state index is 12.7. The van der Waals surface area contributed by atoms with Crippen molar-refractivity contribution in [3.63, 3.8) is 0 Å². The first-order valence-electron chi connectivity index (χ1n) is 9.04. The minimum absolute atomic E-state index is 0.123. The van der Waals surface area contributed by atoms with E-state index >= 15 is 0 Å². The number of aryl methyl sites for hydroxylation is 1. The zero-order valence-electron chi connectivity index (χ0n) is 16.1. The highest BCUT2D eigenvalue weighted by Gasteiger charge is 2.12. The zero-order valence-corrected chi connectivity index (χ0v) is 16.9. The van der Waals surface area contributed by atoms with Gasteiger partial charge in [0.05, 0.1) is 19.1 Å². The van der Waals surface area contributed by atoms with Crippen LogP contribution in [0.2, 0.25) is 5.02 Å². The summed E-state index contributed by atoms with van der Waals surface area (Å²) >= 11 is 5.90. The van der Waals surface area contributed by atoms with Crippen molar-refractivity contribution in [2.45, 2.75) is 19.9 Å². The highest BCUT2D eigenvalue weighted by atomic mass is 35.5. The number of hydrogen-bond acceptors (Lipinski definition) is 6. The van der Waals surface area contributed by atoms with E-state index in [1.165, 1.54) is 18.0 Å². The SMILES string of the molecule is COc1cc(C)c2c(=O)n(CC(=O)NCCCOc3cccc(Cl)c3)cnc2n1. The normalized spacial score (nSPS) is 10.7. The molecule has 0 bridgehead atoms. The monoisotopic (exact) mass is 416 g/mol. The summed E-state index contributed by atoms with van der Waals surface area (Å²) < 4.78 is 11.9. The molecule has 2 heterocycles. The Hall–Kier alpha value is -3.13. The Labute approximate surface area is 172 Å². The molecule has 1 aromatic carbocycles. The van der Waals surface area contributed by atoms with E-state index in [1.807, 2.05) is 12.1 Å². The number of pyridine rings is 1. The molecule has 1 amide bonds. The third-order valence-corrected chi connectivity index (χ3v) is 4.43. The summed E-state index contributed by atoms with van der Waals surface area (Å²) in [4.78, 5) is 33.2. The van der Waals surface area contributed by atoms with Gasteiger partial charge in [-0.05, 0) is 37.1 Å². The molecule has 2 aromatic heterocycles. The number of nitrogens with one attached hydrogen (secondary N) is 1. The number of carbonyl (C=O) groups is 1. The van der Waals surface area contributed by atoms with Crippen molar-refractivity contribution in [1.29, 1.82) is 0 Å². The lowest BCUT2D eigenvalue weighted by Crippen LogP contribution is -2.33. The van der Waals surface area contributed by atoms with Crippen molar-refractivity contribution in [1.82, 2.24) is 19.9 Å². The van der Waals surface area contributed by atoms with Gasteiger partial charge in [0, 0.05) is 17.6 Å². The molecular weight excluding hydrogens is 396 g/mol. The molecule has 3 aromatic rings. The Morgan fingerprint density at radius 3 is 2.90 bits per heavy atom. The van der Waals surface area contributed by atoms with Crippen molar-refractivity contribution in [2.24, 2.45) is 0 Å². The molecule has 0 radical (unpaired) electrons. The van der Waals surface area contributed by atoms with Crippen LogP contribution in [0.25, 0.3) is 11.0 Å². The summed E-state index contributed by atoms with van der Waals surface area (Å²) in [6.45, 7) is 2.51. The van der Waals surface area contributed by atoms with Gasteiger partial charge >= 0.3 is 0 Å². The van der Waals surface area contributed by atoms with Gasteiger partial charge in [0.1, 0.15) is 18.6 Å². The fourth-order valence-electron chi connectivity index (χ4n) is 2.78. The zero-order chi connectivity index (χ0) is 20.8. The minimum Gasteiger partial charge on any atom is -0.493 e. The molecule has 0 fully saturated rings. The van der Waals surface area contributed by atoms with Crippen molar-refractivity contribution in [2.75, 3.05) is 20.3 Å². The molecule has 0 aliphatic rings. The van der Waals surface area contributed by atoms with Crippen LogP contribution in [0.1, 0.15) is 12.0 Å². The lowest BCUT2D eigenvalue weighted by Gasteiger charge is -2.10. The highest BCUT2D eigenvalue weighted by Crippen LogP contribution is 2.17. The van der Waals surface area contributed by atoms with E-state index in [1.54, 1.807) is 25.1 Å². The standard InChI is InChI=1S/C20H21ClN4O4/c1-13-9-17(28-2)24-19-18(13)20(27)25(12-23-19)11-16(26)22-7-4-8-29-15-6-3-5-14(21)10-15/h3,5-6,9-10,12H,4,7-8,11H2,1-2H3,(H,22,26). The van der Waals surface area contributed by atoms with Crippen molar-refractivity contribution >= 4 is 28.5 Å². The fourth-order valence-corrected chi connectivity index (χ4v) is 2.96. The third kappa shape index (κ3) is 5.23. The number of aromatic nitrogens is 3. The van der Waals surface area contributed by atoms with Gasteiger partial charge in [-0.15, -0.1) is 0 Å². The second kappa shape index (κ2) is 9.38. The molecule has 29 heavy (non-hydrogen) atoms. The van der Waals surface area contributed by atoms with E-state index in [9.17, 15) is 9.59 Å². The summed E-state index contributed by atoms with van der Waals surface area (Å²) in [5.74, 6) is 0.783. The number of methoxy groups -OCH3 is 1. The van der Waals surface area contributed by atoms with Gasteiger partial charge in [0.25, 0.3) is 5.56 Å². The van der Waals surface area contributed by atoms with Crippen LogP contribution in [0.4, 0.5) is 0 Å². The van der Waals surface area contributed by atoms with Crippen LogP contribution in [0.3, 0.4) is 0 Å². The quantitative estimate of drug-likeness (QED) is 0.566. The second-order valence-electron chi connectivity index (χ2n) is 6.37. The number of rotatable bonds is 8. The molecule has 0 atom stereocenters. The van der Waals surface area contributed by atoms with E-state index < -0.39 is 0 Å². The van der Waals surface area contributed by atoms with Gasteiger partial charge in [0.2, 0.25) is 11.8 Å². The Bertz CT molecular complexity index is 1080. The molecule has 0 spiro atoms. The second-order valence-corrected chi connectivity index (χ2v) is 6.80. The molecule has 8 nitrogen and oxygen atoms in total. The smallest absolute Gasteiger partial charge is 0.263 e. The predicted octanol–water partition coefficient (Wildman–Crippen LogP) is 2.35. The molecule has 9 heteroatoms. The largest absolute Gasteiger partial charge is 0.493 e. The maximum Gasteiger partial charge on any atom is 0.263 e. The Morgan fingerprint density at radius 2 is 2.14 bits per heavy atom. The van der Waals surface area contributed by atoms with Crippen LogP contribution >= 0.6 is 11.6 Å². The highest BCUT2D eigenvalue weighted by molar-refractivity contribution is 6.30. The molecule has 152 valence electrons. The molecule has 0 aliphatic carbocycles. The van der Waals surface area contributed by atoms with Crippen LogP contribution in [-0.4, -0.2) is 40.7 Å². The maximum absolute atomic E-state index is 12.7. The summed E-state index contributed by atoms with van der Waals surface area (Å²) in [6.07, 6.45) is 1.93. The number of nitrogens with zero attached hydrogens (tertiary/aromatic N) is 3. The van der Waals surface area contributed by atoms with Gasteiger partial charge in [0.15, 0.2) is 5.65 Å². The van der Waals surface area contributed by atoms with Crippen LogP contribution in [0.15, 0.2) is 41.5 Å². The van der Waals surface area contributed by atoms with E-state index in [0.29, 0.717) is 52.8 Å². The molecule has 0 saturated carbocycles. The summed E-state index contributed by atoms with van der Waals surface area (Å²) in [5, 5.41) is 3.75. The van der Waals surface area contributed by atoms with Crippen LogP contribution in [-0.2, 0) is 11.3 Å². The topological polar surface area (TPSA) is 95.3 Å². The summed E-state index contributed by atoms with van der Waals surface area (Å²) in [7, 11) is 1.50. The number of fused-ring (bicyclic) bond motifs is 1. The number of hydrogen-bond donors (Lipinski definition) is 1. The van der Waals surface area contributed by atoms with E-state index in [2.05, 4.69) is 15.3 Å². The Kier molecular flexibility index (Phi) is 6.66. The Balaban J connectivity index is 1.54. The summed E-state index contributed by atoms with van der Waals surface area (Å²) in [6, 6.07) is 8.78. The first-order valence-corrected chi connectivity index (χ1v) is 9.41. The number of ether oxygens (including phenoxy) is 2. The van der Waals surface area contributed by atoms with Gasteiger partial charge in [-0.2, -0.15) is 4.98 Å². The average molecular weight is 417 g/mol. The molecule has 0 saturated heterocycles.